The highest BCUT2D eigenvalue weighted by Crippen LogP contribution is 2.17. The third-order valence-electron chi connectivity index (χ3n) is 3.73. The minimum Gasteiger partial charge on any atom is -0.611 e. The molecule has 2 aromatic rings. The van der Waals surface area contributed by atoms with Gasteiger partial charge in [-0.1, -0.05) is 24.3 Å². The highest BCUT2D eigenvalue weighted by molar-refractivity contribution is 7.91. The Labute approximate surface area is 140 Å². The standard InChI is InChI=1S/C18H22N2O2S/c1-13-8-9-16(12-14(13)2)23(22)11-10-17(19)18(21)20-15-6-4-3-5-7-15/h3-9,12,17H,10-11,19H2,1-2H3,(H,20,21). The topological polar surface area (TPSA) is 78.2 Å². The van der Waals surface area contributed by atoms with E-state index in [0.717, 1.165) is 10.5 Å². The fourth-order valence-electron chi connectivity index (χ4n) is 2.09. The minimum absolute atomic E-state index is 0.256. The summed E-state index contributed by atoms with van der Waals surface area (Å²) in [7, 11) is 0. The number of benzene rings is 2. The maximum Gasteiger partial charge on any atom is 0.241 e. The molecule has 0 aliphatic carbocycles. The second-order valence-corrected chi connectivity index (χ2v) is 7.12. The molecule has 122 valence electrons. The molecule has 0 heterocycles. The van der Waals surface area contributed by atoms with Gasteiger partial charge in [0.05, 0.1) is 6.04 Å². The summed E-state index contributed by atoms with van der Waals surface area (Å²) in [6.07, 6.45) is 0.373. The highest BCUT2D eigenvalue weighted by atomic mass is 32.2. The van der Waals surface area contributed by atoms with E-state index in [2.05, 4.69) is 5.32 Å². The normalized spacial score (nSPS) is 13.4. The van der Waals surface area contributed by atoms with Gasteiger partial charge in [0, 0.05) is 12.1 Å². The Balaban J connectivity index is 1.86. The molecule has 2 unspecified atom stereocenters. The maximum atomic E-state index is 12.3. The van der Waals surface area contributed by atoms with Gasteiger partial charge >= 0.3 is 0 Å². The Morgan fingerprint density at radius 2 is 1.87 bits per heavy atom. The van der Waals surface area contributed by atoms with Crippen LogP contribution in [0.4, 0.5) is 5.69 Å². The van der Waals surface area contributed by atoms with Crippen LogP contribution in [0.25, 0.3) is 0 Å². The quantitative estimate of drug-likeness (QED) is 0.799. The number of hydrogen-bond donors (Lipinski definition) is 2. The molecule has 4 nitrogen and oxygen atoms in total. The van der Waals surface area contributed by atoms with Crippen LogP contribution in [-0.2, 0) is 16.0 Å². The Hall–Kier alpha value is -1.82. The highest BCUT2D eigenvalue weighted by Gasteiger charge is 2.18. The zero-order valence-corrected chi connectivity index (χ0v) is 14.2. The predicted molar refractivity (Wildman–Crippen MR) is 94.9 cm³/mol. The van der Waals surface area contributed by atoms with E-state index in [0.29, 0.717) is 17.9 Å². The van der Waals surface area contributed by atoms with Crippen molar-refractivity contribution in [2.75, 3.05) is 11.1 Å². The Bertz CT molecular complexity index is 661. The van der Waals surface area contributed by atoms with Crippen LogP contribution in [0, 0.1) is 13.8 Å². The second kappa shape index (κ2) is 8.15. The molecule has 3 N–H and O–H groups in total. The Morgan fingerprint density at radius 3 is 2.52 bits per heavy atom. The zero-order chi connectivity index (χ0) is 16.8. The van der Waals surface area contributed by atoms with Crippen LogP contribution >= 0.6 is 0 Å². The number of anilines is 1. The first kappa shape index (κ1) is 17.5. The van der Waals surface area contributed by atoms with Crippen LogP contribution in [-0.4, -0.2) is 22.3 Å². The van der Waals surface area contributed by atoms with Gasteiger partial charge in [-0.3, -0.25) is 4.79 Å². The number of hydrogen-bond acceptors (Lipinski definition) is 3. The molecule has 0 radical (unpaired) electrons. The van der Waals surface area contributed by atoms with Gasteiger partial charge in [-0.25, -0.2) is 0 Å². The molecule has 0 aliphatic heterocycles. The van der Waals surface area contributed by atoms with Crippen molar-refractivity contribution in [1.29, 1.82) is 0 Å². The average Bonchev–Trinajstić information content (AvgIpc) is 2.55. The molecule has 0 fully saturated rings. The van der Waals surface area contributed by atoms with Gasteiger partial charge in [0.1, 0.15) is 5.75 Å². The van der Waals surface area contributed by atoms with E-state index in [9.17, 15) is 9.35 Å². The molecule has 0 saturated carbocycles. The van der Waals surface area contributed by atoms with E-state index >= 15 is 0 Å². The van der Waals surface area contributed by atoms with Crippen molar-refractivity contribution in [3.05, 3.63) is 59.7 Å². The van der Waals surface area contributed by atoms with Crippen molar-refractivity contribution in [2.45, 2.75) is 31.2 Å². The summed E-state index contributed by atoms with van der Waals surface area (Å²) in [5, 5.41) is 2.76. The van der Waals surface area contributed by atoms with Gasteiger partial charge in [-0.2, -0.15) is 0 Å². The van der Waals surface area contributed by atoms with Gasteiger partial charge in [0.15, 0.2) is 4.90 Å². The Kier molecular flexibility index (Phi) is 6.21. The maximum absolute atomic E-state index is 12.3. The van der Waals surface area contributed by atoms with Crippen LogP contribution in [0.5, 0.6) is 0 Å². The van der Waals surface area contributed by atoms with E-state index in [4.69, 9.17) is 5.73 Å². The number of amides is 1. The van der Waals surface area contributed by atoms with Gasteiger partial charge in [-0.05, 0) is 60.4 Å². The van der Waals surface area contributed by atoms with E-state index < -0.39 is 17.2 Å². The lowest BCUT2D eigenvalue weighted by molar-refractivity contribution is -0.117. The first-order valence-electron chi connectivity index (χ1n) is 7.54. The lowest BCUT2D eigenvalue weighted by Gasteiger charge is -2.15. The fourth-order valence-corrected chi connectivity index (χ4v) is 3.33. The molecule has 0 saturated heterocycles. The molecule has 1 amide bonds. The number of carbonyl (C=O) groups excluding carboxylic acids is 1. The van der Waals surface area contributed by atoms with E-state index in [1.807, 2.05) is 50.2 Å². The van der Waals surface area contributed by atoms with Crippen LogP contribution in [0.2, 0.25) is 0 Å². The molecule has 0 aromatic heterocycles. The molecule has 0 aliphatic rings. The Morgan fingerprint density at radius 1 is 1.17 bits per heavy atom. The molecular formula is C18H22N2O2S. The monoisotopic (exact) mass is 330 g/mol. The number of nitrogens with two attached hydrogens (primary N) is 1. The molecule has 0 bridgehead atoms. The first-order valence-corrected chi connectivity index (χ1v) is 8.86. The van der Waals surface area contributed by atoms with Crippen LogP contribution in [0.3, 0.4) is 0 Å². The molecule has 0 spiro atoms. The van der Waals surface area contributed by atoms with E-state index in [1.54, 1.807) is 12.1 Å². The van der Waals surface area contributed by atoms with E-state index in [1.165, 1.54) is 5.56 Å². The molecule has 2 aromatic carbocycles. The van der Waals surface area contributed by atoms with Gasteiger partial charge in [-0.15, -0.1) is 0 Å². The third-order valence-corrected chi connectivity index (χ3v) is 5.12. The van der Waals surface area contributed by atoms with Crippen molar-refractivity contribution in [1.82, 2.24) is 0 Å². The number of para-hydroxylation sites is 1. The number of carbonyl (C=O) groups is 1. The van der Waals surface area contributed by atoms with Crippen LogP contribution in [0.15, 0.2) is 53.4 Å². The number of aryl methyl sites for hydroxylation is 2. The van der Waals surface area contributed by atoms with Gasteiger partial charge in [0.25, 0.3) is 0 Å². The van der Waals surface area contributed by atoms with Gasteiger partial charge < -0.3 is 15.6 Å². The van der Waals surface area contributed by atoms with E-state index in [-0.39, 0.29) is 5.91 Å². The molecule has 23 heavy (non-hydrogen) atoms. The van der Waals surface area contributed by atoms with Crippen molar-refractivity contribution in [3.63, 3.8) is 0 Å². The fraction of sp³-hybridized carbons (Fsp3) is 0.278. The summed E-state index contributed by atoms with van der Waals surface area (Å²) in [4.78, 5) is 12.8. The smallest absolute Gasteiger partial charge is 0.241 e. The predicted octanol–water partition coefficient (Wildman–Crippen LogP) is 2.77. The van der Waals surface area contributed by atoms with Crippen molar-refractivity contribution >= 4 is 22.8 Å². The summed E-state index contributed by atoms with van der Waals surface area (Å²) in [6, 6.07) is 14.3. The lowest BCUT2D eigenvalue weighted by atomic mass is 10.1. The summed E-state index contributed by atoms with van der Waals surface area (Å²) in [5.74, 6) is 0.111. The molecular weight excluding hydrogens is 308 g/mol. The molecule has 2 rings (SSSR count). The van der Waals surface area contributed by atoms with Crippen molar-refractivity contribution in [2.24, 2.45) is 5.73 Å². The molecule has 2 atom stereocenters. The SMILES string of the molecule is Cc1ccc([S+]([O-])CCC(N)C(=O)Nc2ccccc2)cc1C. The summed E-state index contributed by atoms with van der Waals surface area (Å²) < 4.78 is 12.3. The summed E-state index contributed by atoms with van der Waals surface area (Å²) in [5.41, 5.74) is 8.89. The van der Waals surface area contributed by atoms with Crippen LogP contribution < -0.4 is 11.1 Å². The second-order valence-electron chi connectivity index (χ2n) is 5.55. The summed E-state index contributed by atoms with van der Waals surface area (Å²) >= 11 is -1.15. The zero-order valence-electron chi connectivity index (χ0n) is 13.4. The third kappa shape index (κ3) is 5.10. The lowest BCUT2D eigenvalue weighted by Crippen LogP contribution is -2.37. The van der Waals surface area contributed by atoms with Crippen molar-refractivity contribution in [3.8, 4) is 0 Å². The van der Waals surface area contributed by atoms with Crippen molar-refractivity contribution < 1.29 is 9.35 Å². The van der Waals surface area contributed by atoms with Gasteiger partial charge in [0.2, 0.25) is 5.91 Å². The minimum atomic E-state index is -1.15. The largest absolute Gasteiger partial charge is 0.611 e. The van der Waals surface area contributed by atoms with Crippen LogP contribution in [0.1, 0.15) is 17.5 Å². The number of nitrogens with one attached hydrogen (secondary N) is 1. The average molecular weight is 330 g/mol. The first-order chi connectivity index (χ1) is 11.0. The number of rotatable bonds is 6. The summed E-state index contributed by atoms with van der Waals surface area (Å²) in [6.45, 7) is 4.01. The molecule has 5 heteroatoms.